The molecule has 0 N–H and O–H groups in total. The minimum Gasteiger partial charge on any atom is -0.465 e. The van der Waals surface area contributed by atoms with Gasteiger partial charge in [-0.3, -0.25) is 14.6 Å². The van der Waals surface area contributed by atoms with Crippen molar-refractivity contribution >= 4 is 40.1 Å². The van der Waals surface area contributed by atoms with Crippen molar-refractivity contribution in [2.45, 2.75) is 45.4 Å². The lowest BCUT2D eigenvalue weighted by atomic mass is 9.72. The number of rotatable bonds is 4. The Bertz CT molecular complexity index is 968. The van der Waals surface area contributed by atoms with Gasteiger partial charge in [0.25, 0.3) is 0 Å². The number of ether oxygens (including phenoxy) is 1. The molecule has 1 aliphatic carbocycles. The van der Waals surface area contributed by atoms with Crippen LogP contribution >= 0.6 is 22.7 Å². The van der Waals surface area contributed by atoms with E-state index in [2.05, 4.69) is 6.07 Å². The molecule has 3 heterocycles. The summed E-state index contributed by atoms with van der Waals surface area (Å²) in [5, 5.41) is 2.05. The van der Waals surface area contributed by atoms with Gasteiger partial charge in [-0.1, -0.05) is 6.07 Å². The second-order valence-corrected chi connectivity index (χ2v) is 9.61. The molecule has 2 aromatic heterocycles. The monoisotopic (exact) mass is 413 g/mol. The summed E-state index contributed by atoms with van der Waals surface area (Å²) >= 11 is 3.33. The average molecular weight is 414 g/mol. The maximum Gasteiger partial charge on any atom is 0.315 e. The van der Waals surface area contributed by atoms with E-state index >= 15 is 0 Å². The zero-order chi connectivity index (χ0) is 19.8. The van der Waals surface area contributed by atoms with Crippen LogP contribution < -0.4 is 0 Å². The van der Waals surface area contributed by atoms with Gasteiger partial charge in [0, 0.05) is 49.9 Å². The first-order valence-corrected chi connectivity index (χ1v) is 11.3. The highest BCUT2D eigenvalue weighted by Gasteiger charge is 2.45. The number of aryl methyl sites for hydroxylation is 1. The van der Waals surface area contributed by atoms with Crippen molar-refractivity contribution in [1.82, 2.24) is 0 Å². The number of allylic oxidation sites excluding steroid dienone is 2. The quantitative estimate of drug-likeness (QED) is 0.643. The summed E-state index contributed by atoms with van der Waals surface area (Å²) in [7, 11) is 0. The van der Waals surface area contributed by atoms with E-state index in [4.69, 9.17) is 9.73 Å². The number of Topliss-reactive ketones (excluding diaryl/α,β-unsaturated/α-hetero) is 1. The van der Waals surface area contributed by atoms with Crippen molar-refractivity contribution in [2.75, 3.05) is 6.61 Å². The molecule has 1 aliphatic heterocycles. The van der Waals surface area contributed by atoms with Gasteiger partial charge in [0.15, 0.2) is 5.78 Å². The Morgan fingerprint density at radius 2 is 2.04 bits per heavy atom. The lowest BCUT2D eigenvalue weighted by molar-refractivity contribution is -0.146. The number of carbonyl (C=O) groups is 2. The minimum atomic E-state index is -0.529. The number of carbonyl (C=O) groups excluding carboxylic acids is 2. The summed E-state index contributed by atoms with van der Waals surface area (Å²) < 4.78 is 5.36. The topological polar surface area (TPSA) is 55.7 Å². The molecule has 0 radical (unpaired) electrons. The van der Waals surface area contributed by atoms with Crippen molar-refractivity contribution in [3.63, 3.8) is 0 Å². The fourth-order valence-electron chi connectivity index (χ4n) is 4.25. The summed E-state index contributed by atoms with van der Waals surface area (Å²) in [6.45, 7) is 6.05. The molecule has 0 fully saturated rings. The smallest absolute Gasteiger partial charge is 0.315 e. The van der Waals surface area contributed by atoms with Gasteiger partial charge in [-0.15, -0.1) is 22.7 Å². The summed E-state index contributed by atoms with van der Waals surface area (Å²) in [5.74, 6) is -0.825. The zero-order valence-corrected chi connectivity index (χ0v) is 17.9. The Hall–Kier alpha value is -2.05. The molecule has 4 rings (SSSR count). The van der Waals surface area contributed by atoms with E-state index in [0.717, 1.165) is 28.3 Å². The molecule has 0 saturated carbocycles. The molecule has 4 nitrogen and oxygen atoms in total. The maximum atomic E-state index is 13.3. The van der Waals surface area contributed by atoms with Gasteiger partial charge in [-0.2, -0.15) is 0 Å². The largest absolute Gasteiger partial charge is 0.465 e. The summed E-state index contributed by atoms with van der Waals surface area (Å²) in [5.41, 5.74) is 2.31. The Morgan fingerprint density at radius 1 is 1.21 bits per heavy atom. The molecule has 0 spiro atoms. The van der Waals surface area contributed by atoms with E-state index < -0.39 is 5.92 Å². The number of ketones is 1. The second kappa shape index (κ2) is 7.76. The number of hydrogen-bond acceptors (Lipinski definition) is 6. The van der Waals surface area contributed by atoms with Crippen LogP contribution in [-0.2, 0) is 14.3 Å². The Kier molecular flexibility index (Phi) is 5.34. The van der Waals surface area contributed by atoms with Crippen LogP contribution in [-0.4, -0.2) is 24.1 Å². The highest BCUT2D eigenvalue weighted by atomic mass is 32.1. The number of aliphatic imine (C=N–C) groups is 1. The van der Waals surface area contributed by atoms with E-state index in [1.807, 2.05) is 37.4 Å². The summed E-state index contributed by atoms with van der Waals surface area (Å²) in [6.07, 6.45) is 1.22. The maximum absolute atomic E-state index is 13.3. The van der Waals surface area contributed by atoms with E-state index in [1.165, 1.54) is 9.75 Å². The summed E-state index contributed by atoms with van der Waals surface area (Å²) in [4.78, 5) is 34.3. The van der Waals surface area contributed by atoms with Gasteiger partial charge in [0.1, 0.15) is 5.92 Å². The van der Waals surface area contributed by atoms with E-state index in [-0.39, 0.29) is 23.6 Å². The predicted octanol–water partition coefficient (Wildman–Crippen LogP) is 5.26. The van der Waals surface area contributed by atoms with Crippen LogP contribution in [0.5, 0.6) is 0 Å². The third-order valence-electron chi connectivity index (χ3n) is 5.44. The molecule has 1 unspecified atom stereocenters. The Balaban J connectivity index is 1.80. The summed E-state index contributed by atoms with van der Waals surface area (Å²) in [6, 6.07) is 8.21. The standard InChI is InChI=1S/C22H23NO3S2/c1-4-26-22(25)19-13(3)23-15-10-14(17-6-5-9-27-17)11-16(24)20(15)21(19)18-8-7-12(2)28-18/h5-9,14,19,21H,4,10-11H2,1-3H3/t14-,19?,21-/m0/s1. The van der Waals surface area contributed by atoms with Crippen LogP contribution in [0.4, 0.5) is 0 Å². The Morgan fingerprint density at radius 3 is 2.68 bits per heavy atom. The molecule has 0 aromatic carbocycles. The molecule has 3 atom stereocenters. The fraction of sp³-hybridized carbons (Fsp3) is 0.409. The van der Waals surface area contributed by atoms with Gasteiger partial charge < -0.3 is 4.74 Å². The molecule has 0 bridgehead atoms. The van der Waals surface area contributed by atoms with E-state index in [9.17, 15) is 9.59 Å². The molecule has 6 heteroatoms. The van der Waals surface area contributed by atoms with Crippen LogP contribution in [0.15, 0.2) is 45.9 Å². The van der Waals surface area contributed by atoms with Crippen molar-refractivity contribution in [3.05, 3.63) is 55.5 Å². The van der Waals surface area contributed by atoms with Crippen LogP contribution in [0.25, 0.3) is 0 Å². The van der Waals surface area contributed by atoms with Crippen molar-refractivity contribution < 1.29 is 14.3 Å². The first-order chi connectivity index (χ1) is 13.5. The predicted molar refractivity (Wildman–Crippen MR) is 113 cm³/mol. The number of esters is 1. The van der Waals surface area contributed by atoms with Crippen molar-refractivity contribution in [2.24, 2.45) is 10.9 Å². The molecule has 0 amide bonds. The van der Waals surface area contributed by atoms with Gasteiger partial charge >= 0.3 is 5.97 Å². The number of thiophene rings is 2. The number of hydrogen-bond donors (Lipinski definition) is 0. The van der Waals surface area contributed by atoms with Crippen molar-refractivity contribution in [3.8, 4) is 0 Å². The average Bonchev–Trinajstić information content (AvgIpc) is 3.32. The first-order valence-electron chi connectivity index (χ1n) is 9.57. The molecular formula is C22H23NO3S2. The van der Waals surface area contributed by atoms with Crippen LogP contribution in [0.3, 0.4) is 0 Å². The first kappa shape index (κ1) is 19.3. The number of nitrogens with zero attached hydrogens (tertiary/aromatic N) is 1. The Labute approximate surface area is 173 Å². The van der Waals surface area contributed by atoms with Gasteiger partial charge in [-0.05, 0) is 50.8 Å². The molecular weight excluding hydrogens is 390 g/mol. The molecule has 2 aliphatic rings. The third-order valence-corrected chi connectivity index (χ3v) is 7.56. The van der Waals surface area contributed by atoms with E-state index in [1.54, 1.807) is 29.6 Å². The third kappa shape index (κ3) is 3.40. The highest BCUT2D eigenvalue weighted by Crippen LogP contribution is 2.48. The molecule has 0 saturated heterocycles. The van der Waals surface area contributed by atoms with Gasteiger partial charge in [-0.25, -0.2) is 0 Å². The minimum absolute atomic E-state index is 0.112. The highest BCUT2D eigenvalue weighted by molar-refractivity contribution is 7.12. The molecule has 146 valence electrons. The van der Waals surface area contributed by atoms with E-state index in [0.29, 0.717) is 13.0 Å². The lowest BCUT2D eigenvalue weighted by Crippen LogP contribution is -2.37. The second-order valence-electron chi connectivity index (χ2n) is 7.31. The normalized spacial score (nSPS) is 24.8. The molecule has 28 heavy (non-hydrogen) atoms. The van der Waals surface area contributed by atoms with Crippen LogP contribution in [0.1, 0.15) is 53.2 Å². The fourth-order valence-corrected chi connectivity index (χ4v) is 6.11. The van der Waals surface area contributed by atoms with Crippen LogP contribution in [0, 0.1) is 12.8 Å². The van der Waals surface area contributed by atoms with Gasteiger partial charge in [0.2, 0.25) is 0 Å². The van der Waals surface area contributed by atoms with Crippen molar-refractivity contribution in [1.29, 1.82) is 0 Å². The van der Waals surface area contributed by atoms with Crippen LogP contribution in [0.2, 0.25) is 0 Å². The van der Waals surface area contributed by atoms with Gasteiger partial charge in [0.05, 0.1) is 6.61 Å². The lowest BCUT2D eigenvalue weighted by Gasteiger charge is -2.35. The zero-order valence-electron chi connectivity index (χ0n) is 16.2. The molecule has 2 aromatic rings. The SMILES string of the molecule is CCOC(=O)C1C(C)=NC2=C(C(=O)C[C@@H](c3cccs3)C2)[C@H]1c1ccc(C)s1.